The number of carbonyl (C=O) groups is 4. The average Bonchev–Trinajstić information content (AvgIpc) is 2.70. The predicted octanol–water partition coefficient (Wildman–Crippen LogP) is 1.38. The van der Waals surface area contributed by atoms with Crippen LogP contribution in [0.2, 0.25) is 0 Å². The number of ketones is 1. The predicted molar refractivity (Wildman–Crippen MR) is 113 cm³/mol. The van der Waals surface area contributed by atoms with Crippen molar-refractivity contribution < 1.29 is 47.8 Å². The van der Waals surface area contributed by atoms with Crippen molar-refractivity contribution in [2.75, 3.05) is 6.61 Å². The molecule has 0 amide bonds. The van der Waals surface area contributed by atoms with E-state index in [1.54, 1.807) is 0 Å². The van der Waals surface area contributed by atoms with Crippen LogP contribution in [-0.4, -0.2) is 64.6 Å². The zero-order chi connectivity index (χ0) is 24.9. The van der Waals surface area contributed by atoms with Crippen molar-refractivity contribution >= 4 is 42.0 Å². The summed E-state index contributed by atoms with van der Waals surface area (Å²) in [7, 11) is 0. The second-order valence-corrected chi connectivity index (χ2v) is 7.79. The third-order valence-corrected chi connectivity index (χ3v) is 5.26. The lowest BCUT2D eigenvalue weighted by atomic mass is 9.91. The first-order valence-electron chi connectivity index (χ1n) is 9.66. The molecule has 5 atom stereocenters. The first kappa shape index (κ1) is 26.1. The summed E-state index contributed by atoms with van der Waals surface area (Å²) in [5.74, 6) is -3.29. The van der Waals surface area contributed by atoms with Crippen molar-refractivity contribution in [1.82, 2.24) is 0 Å². The summed E-state index contributed by atoms with van der Waals surface area (Å²) in [6.45, 7) is 3.92. The van der Waals surface area contributed by atoms with Crippen LogP contribution in [0, 0.1) is 10.1 Å². The number of hydrogen-bond donors (Lipinski definition) is 1. The quantitative estimate of drug-likeness (QED) is 0.186. The van der Waals surface area contributed by atoms with Crippen molar-refractivity contribution in [3.63, 3.8) is 0 Å². The molecule has 0 spiro atoms. The number of esters is 3. The summed E-state index contributed by atoms with van der Waals surface area (Å²) in [5.41, 5.74) is -0.440. The number of Topliss-reactive ketones (excluding diaryl/α,β-unsaturated/α-hetero) is 1. The molecule has 12 nitrogen and oxygen atoms in total. The SMILES string of the molecule is CC(=O)OC[C@H]1O[C@](S)(C(C)=O)[C@H](Oc2ccccc2[N+](=O)[O-])[C@@H](OC(C)=O)[C@H]1OC(C)=O. The van der Waals surface area contributed by atoms with Crippen LogP contribution in [0.15, 0.2) is 24.3 Å². The van der Waals surface area contributed by atoms with Gasteiger partial charge in [0.1, 0.15) is 12.7 Å². The number of ether oxygens (including phenoxy) is 5. The molecule has 1 aromatic carbocycles. The molecule has 0 aliphatic carbocycles. The molecule has 0 N–H and O–H groups in total. The lowest BCUT2D eigenvalue weighted by molar-refractivity contribution is -0.386. The van der Waals surface area contributed by atoms with Crippen LogP contribution < -0.4 is 4.74 Å². The fourth-order valence-electron chi connectivity index (χ4n) is 3.23. The van der Waals surface area contributed by atoms with Gasteiger partial charge in [-0.15, -0.1) is 12.6 Å². The third-order valence-electron chi connectivity index (χ3n) is 4.58. The summed E-state index contributed by atoms with van der Waals surface area (Å²) in [6.07, 6.45) is -5.80. The Hall–Kier alpha value is -3.19. The van der Waals surface area contributed by atoms with E-state index in [4.69, 9.17) is 23.7 Å². The van der Waals surface area contributed by atoms with E-state index in [-0.39, 0.29) is 5.75 Å². The molecule has 0 unspecified atom stereocenters. The Morgan fingerprint density at radius 1 is 1.03 bits per heavy atom. The molecule has 180 valence electrons. The van der Waals surface area contributed by atoms with Crippen LogP contribution in [0.5, 0.6) is 5.75 Å². The second kappa shape index (κ2) is 10.6. The molecule has 1 aliphatic heterocycles. The largest absolute Gasteiger partial charge is 0.475 e. The van der Waals surface area contributed by atoms with Gasteiger partial charge >= 0.3 is 23.6 Å². The number of para-hydroxylation sites is 2. The zero-order valence-electron chi connectivity index (χ0n) is 18.2. The standard InChI is InChI=1S/C20H23NO11S/c1-10(22)20(33)19(31-15-8-6-5-7-14(15)21(26)27)18(30-13(4)25)17(29-12(3)24)16(32-20)9-28-11(2)23/h5-8,16-19,33H,9H2,1-4H3/t16-,17+,18+,19-,20+/m1/s1. The van der Waals surface area contributed by atoms with E-state index in [9.17, 15) is 29.3 Å². The molecule has 1 aromatic rings. The summed E-state index contributed by atoms with van der Waals surface area (Å²) in [4.78, 5) is 56.2. The third kappa shape index (κ3) is 6.20. The number of rotatable bonds is 8. The highest BCUT2D eigenvalue weighted by atomic mass is 32.1. The molecule has 1 heterocycles. The summed E-state index contributed by atoms with van der Waals surface area (Å²) in [5, 5.41) is 11.4. The van der Waals surface area contributed by atoms with Gasteiger partial charge < -0.3 is 23.7 Å². The van der Waals surface area contributed by atoms with Crippen molar-refractivity contribution in [3.05, 3.63) is 34.4 Å². The number of nitro groups is 1. The Morgan fingerprint density at radius 3 is 2.12 bits per heavy atom. The van der Waals surface area contributed by atoms with E-state index in [2.05, 4.69) is 12.6 Å². The fraction of sp³-hybridized carbons (Fsp3) is 0.500. The fourth-order valence-corrected chi connectivity index (χ4v) is 3.56. The molecule has 2 rings (SSSR count). The highest BCUT2D eigenvalue weighted by Crippen LogP contribution is 2.41. The zero-order valence-corrected chi connectivity index (χ0v) is 19.1. The highest BCUT2D eigenvalue weighted by Gasteiger charge is 2.60. The second-order valence-electron chi connectivity index (χ2n) is 7.12. The number of nitro benzene ring substituents is 1. The number of nitrogens with zero attached hydrogens (tertiary/aromatic N) is 1. The van der Waals surface area contributed by atoms with Gasteiger partial charge in [-0.3, -0.25) is 29.3 Å². The number of thiol groups is 1. The lowest BCUT2D eigenvalue weighted by Crippen LogP contribution is -2.69. The molecule has 1 aliphatic rings. The van der Waals surface area contributed by atoms with Crippen LogP contribution >= 0.6 is 12.6 Å². The van der Waals surface area contributed by atoms with Gasteiger partial charge in [-0.2, -0.15) is 0 Å². The number of benzene rings is 1. The van der Waals surface area contributed by atoms with E-state index in [0.717, 1.165) is 27.7 Å². The molecule has 0 bridgehead atoms. The van der Waals surface area contributed by atoms with Gasteiger partial charge in [0, 0.05) is 26.8 Å². The lowest BCUT2D eigenvalue weighted by Gasteiger charge is -2.48. The van der Waals surface area contributed by atoms with Gasteiger partial charge in [-0.1, -0.05) is 12.1 Å². The Labute approximate surface area is 194 Å². The maximum absolute atomic E-state index is 12.6. The Bertz CT molecular complexity index is 952. The van der Waals surface area contributed by atoms with Crippen molar-refractivity contribution in [2.45, 2.75) is 57.0 Å². The Morgan fingerprint density at radius 2 is 1.61 bits per heavy atom. The van der Waals surface area contributed by atoms with Gasteiger partial charge in [0.15, 0.2) is 29.8 Å². The monoisotopic (exact) mass is 485 g/mol. The molecular formula is C20H23NO11S. The maximum Gasteiger partial charge on any atom is 0.310 e. The molecule has 1 saturated heterocycles. The van der Waals surface area contributed by atoms with E-state index < -0.39 is 70.3 Å². The van der Waals surface area contributed by atoms with E-state index in [1.807, 2.05) is 0 Å². The van der Waals surface area contributed by atoms with E-state index in [0.29, 0.717) is 0 Å². The van der Waals surface area contributed by atoms with E-state index in [1.165, 1.54) is 24.3 Å². The molecule has 1 fully saturated rings. The van der Waals surface area contributed by atoms with Crippen LogP contribution in [-0.2, 0) is 38.1 Å². The van der Waals surface area contributed by atoms with Gasteiger partial charge in [0.2, 0.25) is 4.93 Å². The van der Waals surface area contributed by atoms with Crippen LogP contribution in [0.25, 0.3) is 0 Å². The molecule has 0 aromatic heterocycles. The van der Waals surface area contributed by atoms with Gasteiger partial charge in [-0.25, -0.2) is 0 Å². The molecule has 33 heavy (non-hydrogen) atoms. The minimum atomic E-state index is -2.13. The maximum atomic E-state index is 12.6. The van der Waals surface area contributed by atoms with Crippen molar-refractivity contribution in [1.29, 1.82) is 0 Å². The number of carbonyl (C=O) groups excluding carboxylic acids is 4. The summed E-state index contributed by atoms with van der Waals surface area (Å²) >= 11 is 4.33. The van der Waals surface area contributed by atoms with Gasteiger partial charge in [0.05, 0.1) is 4.92 Å². The molecule has 13 heteroatoms. The van der Waals surface area contributed by atoms with E-state index >= 15 is 0 Å². The van der Waals surface area contributed by atoms with Crippen LogP contribution in [0.3, 0.4) is 0 Å². The molecule has 0 radical (unpaired) electrons. The van der Waals surface area contributed by atoms with Crippen molar-refractivity contribution in [3.8, 4) is 5.75 Å². The summed E-state index contributed by atoms with van der Waals surface area (Å²) < 4.78 is 27.1. The number of hydrogen-bond acceptors (Lipinski definition) is 12. The summed E-state index contributed by atoms with van der Waals surface area (Å²) in [6, 6.07) is 5.29. The Balaban J connectivity index is 2.62. The Kier molecular flexibility index (Phi) is 8.39. The minimum Gasteiger partial charge on any atom is -0.475 e. The van der Waals surface area contributed by atoms with Gasteiger partial charge in [0.25, 0.3) is 0 Å². The minimum absolute atomic E-state index is 0.270. The molecular weight excluding hydrogens is 462 g/mol. The van der Waals surface area contributed by atoms with Crippen LogP contribution in [0.4, 0.5) is 5.69 Å². The normalized spacial score (nSPS) is 26.6. The van der Waals surface area contributed by atoms with Crippen LogP contribution in [0.1, 0.15) is 27.7 Å². The topological polar surface area (TPSA) is 158 Å². The first-order valence-corrected chi connectivity index (χ1v) is 10.1. The highest BCUT2D eigenvalue weighted by molar-refractivity contribution is 7.82. The molecule has 0 saturated carbocycles. The van der Waals surface area contributed by atoms with Crippen molar-refractivity contribution in [2.24, 2.45) is 0 Å². The average molecular weight is 485 g/mol. The smallest absolute Gasteiger partial charge is 0.310 e. The first-order chi connectivity index (χ1) is 15.4. The van der Waals surface area contributed by atoms with Gasteiger partial charge in [-0.05, 0) is 13.0 Å².